The summed E-state index contributed by atoms with van der Waals surface area (Å²) in [6.45, 7) is 8.29. The molecule has 1 atom stereocenters. The number of ether oxygens (including phenoxy) is 1. The van der Waals surface area contributed by atoms with Crippen LogP contribution in [0.5, 0.6) is 0 Å². The molecule has 0 radical (unpaired) electrons. The lowest BCUT2D eigenvalue weighted by Crippen LogP contribution is -2.48. The van der Waals surface area contributed by atoms with Gasteiger partial charge in [0.2, 0.25) is 0 Å². The molecule has 1 unspecified atom stereocenters. The van der Waals surface area contributed by atoms with E-state index in [4.69, 9.17) is 9.15 Å². The molecule has 0 bridgehead atoms. The van der Waals surface area contributed by atoms with Gasteiger partial charge in [-0.2, -0.15) is 0 Å². The maximum atomic E-state index is 12.6. The van der Waals surface area contributed by atoms with Gasteiger partial charge >= 0.3 is 0 Å². The smallest absolute Gasteiger partial charge is 0.257 e. The molecular weight excluding hydrogens is 244 g/mol. The fourth-order valence-electron chi connectivity index (χ4n) is 2.52. The van der Waals surface area contributed by atoms with Crippen LogP contribution in [-0.4, -0.2) is 50.2 Å². The number of nitrogens with zero attached hydrogens (tertiary/aromatic N) is 1. The minimum absolute atomic E-state index is 0.0521. The molecule has 1 aliphatic heterocycles. The molecule has 1 saturated heterocycles. The zero-order chi connectivity index (χ0) is 14.0. The van der Waals surface area contributed by atoms with E-state index in [1.54, 1.807) is 0 Å². The van der Waals surface area contributed by atoms with Crippen molar-refractivity contribution >= 4 is 5.91 Å². The molecule has 0 aromatic carbocycles. The Bertz CT molecular complexity index is 466. The molecule has 106 valence electrons. The Morgan fingerprint density at radius 2 is 2.11 bits per heavy atom. The highest BCUT2D eigenvalue weighted by Crippen LogP contribution is 2.23. The fraction of sp³-hybridized carbons (Fsp3) is 0.643. The molecule has 1 fully saturated rings. The minimum Gasteiger partial charge on any atom is -0.466 e. The average Bonchev–Trinajstić information content (AvgIpc) is 2.63. The second kappa shape index (κ2) is 5.75. The molecule has 5 nitrogen and oxygen atoms in total. The Balaban J connectivity index is 2.15. The van der Waals surface area contributed by atoms with Gasteiger partial charge < -0.3 is 19.4 Å². The van der Waals surface area contributed by atoms with Gasteiger partial charge in [-0.1, -0.05) is 0 Å². The van der Waals surface area contributed by atoms with E-state index >= 15 is 0 Å². The Kier molecular flexibility index (Phi) is 4.27. The highest BCUT2D eigenvalue weighted by Gasteiger charge is 2.28. The van der Waals surface area contributed by atoms with E-state index in [0.717, 1.165) is 17.9 Å². The molecule has 1 amide bonds. The summed E-state index contributed by atoms with van der Waals surface area (Å²) in [5, 5.41) is 3.08. The quantitative estimate of drug-likeness (QED) is 0.895. The van der Waals surface area contributed by atoms with Gasteiger partial charge in [0.1, 0.15) is 11.5 Å². The number of likely N-dealkylation sites (N-methyl/N-ethyl adjacent to an activating group) is 1. The van der Waals surface area contributed by atoms with E-state index in [9.17, 15) is 4.79 Å². The lowest BCUT2D eigenvalue weighted by Gasteiger charge is -2.33. The normalized spacial score (nSPS) is 19.8. The average molecular weight is 266 g/mol. The number of morpholine rings is 1. The molecule has 1 aliphatic rings. The Morgan fingerprint density at radius 1 is 1.37 bits per heavy atom. The second-order valence-electron chi connectivity index (χ2n) is 5.02. The van der Waals surface area contributed by atoms with Crippen molar-refractivity contribution in [1.29, 1.82) is 0 Å². The number of hydrogen-bond acceptors (Lipinski definition) is 4. The molecule has 0 spiro atoms. The first-order valence-corrected chi connectivity index (χ1v) is 6.66. The number of rotatable bonds is 3. The van der Waals surface area contributed by atoms with Gasteiger partial charge in [-0.3, -0.25) is 4.79 Å². The summed E-state index contributed by atoms with van der Waals surface area (Å²) in [5.41, 5.74) is 1.65. The molecule has 1 aromatic rings. The highest BCUT2D eigenvalue weighted by molar-refractivity contribution is 5.97. The Hall–Kier alpha value is -1.33. The summed E-state index contributed by atoms with van der Waals surface area (Å²) in [5.74, 6) is 1.58. The monoisotopic (exact) mass is 266 g/mol. The third-order valence-corrected chi connectivity index (χ3v) is 3.63. The first-order valence-electron chi connectivity index (χ1n) is 6.66. The van der Waals surface area contributed by atoms with Gasteiger partial charge in [-0.05, 0) is 27.8 Å². The van der Waals surface area contributed by atoms with Gasteiger partial charge in [-0.15, -0.1) is 0 Å². The number of hydrogen-bond donors (Lipinski definition) is 1. The minimum atomic E-state index is 0.0521. The Morgan fingerprint density at radius 3 is 2.68 bits per heavy atom. The van der Waals surface area contributed by atoms with Crippen LogP contribution in [0.4, 0.5) is 0 Å². The van der Waals surface area contributed by atoms with Crippen molar-refractivity contribution in [1.82, 2.24) is 10.2 Å². The van der Waals surface area contributed by atoms with Gasteiger partial charge in [0.25, 0.3) is 5.91 Å². The largest absolute Gasteiger partial charge is 0.466 e. The topological polar surface area (TPSA) is 54.7 Å². The molecule has 2 rings (SSSR count). The Labute approximate surface area is 113 Å². The number of carbonyl (C=O) groups is 1. The summed E-state index contributed by atoms with van der Waals surface area (Å²) < 4.78 is 11.2. The zero-order valence-corrected chi connectivity index (χ0v) is 12.1. The van der Waals surface area contributed by atoms with E-state index in [2.05, 4.69) is 5.32 Å². The van der Waals surface area contributed by atoms with Gasteiger partial charge in [0.15, 0.2) is 0 Å². The van der Waals surface area contributed by atoms with Crippen LogP contribution in [0.2, 0.25) is 0 Å². The van der Waals surface area contributed by atoms with Crippen LogP contribution in [-0.2, 0) is 4.74 Å². The van der Waals surface area contributed by atoms with Crippen LogP contribution in [0.1, 0.15) is 27.4 Å². The van der Waals surface area contributed by atoms with E-state index in [1.165, 1.54) is 0 Å². The van der Waals surface area contributed by atoms with Crippen LogP contribution in [0.25, 0.3) is 0 Å². The van der Waals surface area contributed by atoms with Crippen LogP contribution < -0.4 is 5.32 Å². The summed E-state index contributed by atoms with van der Waals surface area (Å²) in [4.78, 5) is 14.5. The highest BCUT2D eigenvalue weighted by atomic mass is 16.5. The van der Waals surface area contributed by atoms with E-state index in [-0.39, 0.29) is 12.0 Å². The number of amides is 1. The molecule has 5 heteroatoms. The summed E-state index contributed by atoms with van der Waals surface area (Å²) in [7, 11) is 1.89. The molecular formula is C14H22N2O3. The van der Waals surface area contributed by atoms with Crippen molar-refractivity contribution < 1.29 is 13.9 Å². The molecule has 0 saturated carbocycles. The van der Waals surface area contributed by atoms with Crippen LogP contribution >= 0.6 is 0 Å². The van der Waals surface area contributed by atoms with Crippen molar-refractivity contribution in [2.75, 3.05) is 33.3 Å². The van der Waals surface area contributed by atoms with Crippen molar-refractivity contribution in [2.24, 2.45) is 0 Å². The summed E-state index contributed by atoms with van der Waals surface area (Å²) in [6, 6.07) is 0. The third kappa shape index (κ3) is 2.82. The molecule has 0 aliphatic carbocycles. The molecule has 2 heterocycles. The summed E-state index contributed by atoms with van der Waals surface area (Å²) in [6.07, 6.45) is 0.0660. The van der Waals surface area contributed by atoms with Gasteiger partial charge in [-0.25, -0.2) is 0 Å². The summed E-state index contributed by atoms with van der Waals surface area (Å²) >= 11 is 0. The van der Waals surface area contributed by atoms with Gasteiger partial charge in [0, 0.05) is 25.2 Å². The maximum Gasteiger partial charge on any atom is 0.257 e. The van der Waals surface area contributed by atoms with E-state index < -0.39 is 0 Å². The van der Waals surface area contributed by atoms with Crippen molar-refractivity contribution in [3.8, 4) is 0 Å². The predicted molar refractivity (Wildman–Crippen MR) is 72.5 cm³/mol. The van der Waals surface area contributed by atoms with Crippen molar-refractivity contribution in [2.45, 2.75) is 26.9 Å². The molecule has 1 aromatic heterocycles. The maximum absolute atomic E-state index is 12.6. The lowest BCUT2D eigenvalue weighted by molar-refractivity contribution is -0.0197. The standard InChI is InChI=1S/C14H22N2O3/c1-9-10(2)19-11(3)13(9)14(17)16-5-6-18-12(8-16)7-15-4/h12,15H,5-8H2,1-4H3. The van der Waals surface area contributed by atoms with E-state index in [0.29, 0.717) is 31.0 Å². The SMILES string of the molecule is CNCC1CN(C(=O)c2c(C)oc(C)c2C)CCO1. The number of carbonyl (C=O) groups excluding carboxylic acids is 1. The number of nitrogens with one attached hydrogen (secondary N) is 1. The third-order valence-electron chi connectivity index (χ3n) is 3.63. The van der Waals surface area contributed by atoms with E-state index in [1.807, 2.05) is 32.7 Å². The predicted octanol–water partition coefficient (Wildman–Crippen LogP) is 1.27. The van der Waals surface area contributed by atoms with Gasteiger partial charge in [0.05, 0.1) is 18.3 Å². The number of furan rings is 1. The first-order chi connectivity index (χ1) is 9.04. The fourth-order valence-corrected chi connectivity index (χ4v) is 2.52. The second-order valence-corrected chi connectivity index (χ2v) is 5.02. The van der Waals surface area contributed by atoms with Crippen molar-refractivity contribution in [3.63, 3.8) is 0 Å². The molecule has 19 heavy (non-hydrogen) atoms. The zero-order valence-electron chi connectivity index (χ0n) is 12.1. The van der Waals surface area contributed by atoms with Crippen molar-refractivity contribution in [3.05, 3.63) is 22.6 Å². The van der Waals surface area contributed by atoms with Crippen LogP contribution in [0.3, 0.4) is 0 Å². The lowest BCUT2D eigenvalue weighted by atomic mass is 10.1. The van der Waals surface area contributed by atoms with Crippen LogP contribution in [0.15, 0.2) is 4.42 Å². The molecule has 1 N–H and O–H groups in total. The number of aryl methyl sites for hydroxylation is 2. The first kappa shape index (κ1) is 14.1. The van der Waals surface area contributed by atoms with Crippen LogP contribution in [0, 0.1) is 20.8 Å².